The molecule has 1 aliphatic rings. The third-order valence-corrected chi connectivity index (χ3v) is 2.41. The average Bonchev–Trinajstić information content (AvgIpc) is 2.44. The molecule has 2 unspecified atom stereocenters. The highest BCUT2D eigenvalue weighted by molar-refractivity contribution is 5.68. The van der Waals surface area contributed by atoms with E-state index < -0.39 is 5.60 Å². The number of hydrogen-bond donors (Lipinski definition) is 1. The van der Waals surface area contributed by atoms with Crippen molar-refractivity contribution >= 4 is 6.09 Å². The molecule has 5 nitrogen and oxygen atoms in total. The molecule has 0 saturated carbocycles. The van der Waals surface area contributed by atoms with Gasteiger partial charge >= 0.3 is 6.09 Å². The molecule has 5 heteroatoms. The summed E-state index contributed by atoms with van der Waals surface area (Å²) in [5.74, 6) is 0. The Hall–Kier alpha value is -0.810. The minimum Gasteiger partial charge on any atom is -0.444 e. The van der Waals surface area contributed by atoms with Crippen molar-refractivity contribution < 1.29 is 14.3 Å². The third-order valence-electron chi connectivity index (χ3n) is 2.41. The van der Waals surface area contributed by atoms with Gasteiger partial charge in [-0.15, -0.1) is 0 Å². The van der Waals surface area contributed by atoms with Crippen LogP contribution < -0.4 is 5.73 Å². The van der Waals surface area contributed by atoms with Crippen molar-refractivity contribution in [3.8, 4) is 0 Å². The van der Waals surface area contributed by atoms with Crippen molar-refractivity contribution in [3.63, 3.8) is 0 Å². The lowest BCUT2D eigenvalue weighted by Crippen LogP contribution is -2.37. The molecule has 1 amide bonds. The van der Waals surface area contributed by atoms with Crippen molar-refractivity contribution in [3.05, 3.63) is 0 Å². The quantitative estimate of drug-likeness (QED) is 0.796. The van der Waals surface area contributed by atoms with Crippen LogP contribution in [0.2, 0.25) is 0 Å². The van der Waals surface area contributed by atoms with Crippen LogP contribution in [0.4, 0.5) is 4.79 Å². The largest absolute Gasteiger partial charge is 0.444 e. The van der Waals surface area contributed by atoms with Crippen LogP contribution >= 0.6 is 0 Å². The van der Waals surface area contributed by atoms with Crippen LogP contribution in [0.3, 0.4) is 0 Å². The van der Waals surface area contributed by atoms with Crippen LogP contribution in [-0.4, -0.2) is 47.9 Å². The predicted molar refractivity (Wildman–Crippen MR) is 65.8 cm³/mol. The van der Waals surface area contributed by atoms with Gasteiger partial charge in [0.15, 0.2) is 0 Å². The number of rotatable bonds is 2. The fourth-order valence-corrected chi connectivity index (χ4v) is 1.77. The highest BCUT2D eigenvalue weighted by atomic mass is 16.6. The average molecular weight is 244 g/mol. The van der Waals surface area contributed by atoms with E-state index in [9.17, 15) is 4.79 Å². The molecule has 0 aromatic heterocycles. The molecular weight excluding hydrogens is 220 g/mol. The van der Waals surface area contributed by atoms with E-state index in [2.05, 4.69) is 0 Å². The second-order valence-corrected chi connectivity index (χ2v) is 5.77. The lowest BCUT2D eigenvalue weighted by molar-refractivity contribution is 0.000146. The number of amides is 1. The molecule has 1 fully saturated rings. The lowest BCUT2D eigenvalue weighted by Gasteiger charge is -2.24. The molecule has 17 heavy (non-hydrogen) atoms. The molecule has 1 rings (SSSR count). The Morgan fingerprint density at radius 3 is 2.41 bits per heavy atom. The molecule has 0 bridgehead atoms. The summed E-state index contributed by atoms with van der Waals surface area (Å²) in [5, 5.41) is 0. The first-order valence-corrected chi connectivity index (χ1v) is 6.08. The summed E-state index contributed by atoms with van der Waals surface area (Å²) in [6, 6.07) is -0.134. The van der Waals surface area contributed by atoms with Crippen molar-refractivity contribution in [1.29, 1.82) is 0 Å². The van der Waals surface area contributed by atoms with Gasteiger partial charge in [0.1, 0.15) is 5.60 Å². The first kappa shape index (κ1) is 14.3. The molecule has 0 spiro atoms. The minimum atomic E-state index is -0.474. The Balaban J connectivity index is 2.51. The SMILES string of the molecule is CC(C)OC1CN(C(=O)OC(C)(C)C)CC1N. The first-order valence-electron chi connectivity index (χ1n) is 6.08. The van der Waals surface area contributed by atoms with Gasteiger partial charge in [-0.1, -0.05) is 0 Å². The van der Waals surface area contributed by atoms with Crippen LogP contribution in [0.15, 0.2) is 0 Å². The topological polar surface area (TPSA) is 64.8 Å². The van der Waals surface area contributed by atoms with E-state index in [0.717, 1.165) is 0 Å². The fourth-order valence-electron chi connectivity index (χ4n) is 1.77. The Labute approximate surface area is 103 Å². The minimum absolute atomic E-state index is 0.0949. The summed E-state index contributed by atoms with van der Waals surface area (Å²) in [6.45, 7) is 10.5. The molecule has 1 aliphatic heterocycles. The maximum absolute atomic E-state index is 11.8. The highest BCUT2D eigenvalue weighted by Gasteiger charge is 2.36. The first-order chi connectivity index (χ1) is 7.69. The van der Waals surface area contributed by atoms with E-state index in [4.69, 9.17) is 15.2 Å². The number of nitrogens with zero attached hydrogens (tertiary/aromatic N) is 1. The highest BCUT2D eigenvalue weighted by Crippen LogP contribution is 2.17. The van der Waals surface area contributed by atoms with Crippen molar-refractivity contribution in [1.82, 2.24) is 4.90 Å². The van der Waals surface area contributed by atoms with Gasteiger partial charge in [0.05, 0.1) is 24.8 Å². The fraction of sp³-hybridized carbons (Fsp3) is 0.917. The molecular formula is C12H24N2O3. The Kier molecular flexibility index (Phi) is 4.38. The van der Waals surface area contributed by atoms with Crippen LogP contribution in [0.1, 0.15) is 34.6 Å². The van der Waals surface area contributed by atoms with Crippen LogP contribution in [0, 0.1) is 0 Å². The number of carbonyl (C=O) groups is 1. The molecule has 1 saturated heterocycles. The molecule has 100 valence electrons. The molecule has 0 aromatic rings. The normalized spacial score (nSPS) is 25.5. The number of carbonyl (C=O) groups excluding carboxylic acids is 1. The smallest absolute Gasteiger partial charge is 0.410 e. The number of hydrogen-bond acceptors (Lipinski definition) is 4. The zero-order valence-corrected chi connectivity index (χ0v) is 11.4. The summed E-state index contributed by atoms with van der Waals surface area (Å²) < 4.78 is 11.0. The van der Waals surface area contributed by atoms with E-state index in [0.29, 0.717) is 13.1 Å². The molecule has 2 N–H and O–H groups in total. The summed E-state index contributed by atoms with van der Waals surface area (Å²) in [5.41, 5.74) is 5.47. The molecule has 0 radical (unpaired) electrons. The van der Waals surface area contributed by atoms with E-state index in [1.54, 1.807) is 4.90 Å². The molecule has 0 aliphatic carbocycles. The second kappa shape index (κ2) is 5.23. The van der Waals surface area contributed by atoms with Crippen molar-refractivity contribution in [2.24, 2.45) is 5.73 Å². The zero-order valence-electron chi connectivity index (χ0n) is 11.4. The molecule has 1 heterocycles. The summed E-state index contributed by atoms with van der Waals surface area (Å²) >= 11 is 0. The number of ether oxygens (including phenoxy) is 2. The zero-order chi connectivity index (χ0) is 13.2. The summed E-state index contributed by atoms with van der Waals surface area (Å²) in [6.07, 6.45) is -0.296. The Morgan fingerprint density at radius 2 is 1.94 bits per heavy atom. The Bertz CT molecular complexity index is 273. The van der Waals surface area contributed by atoms with Gasteiger partial charge in [-0.25, -0.2) is 4.79 Å². The third kappa shape index (κ3) is 4.52. The van der Waals surface area contributed by atoms with Gasteiger partial charge < -0.3 is 20.1 Å². The van der Waals surface area contributed by atoms with E-state index in [1.165, 1.54) is 0 Å². The van der Waals surface area contributed by atoms with Crippen LogP contribution in [0.5, 0.6) is 0 Å². The standard InChI is InChI=1S/C12H24N2O3/c1-8(2)16-10-7-14(6-9(10)13)11(15)17-12(3,4)5/h8-10H,6-7,13H2,1-5H3. The Morgan fingerprint density at radius 1 is 1.35 bits per heavy atom. The summed E-state index contributed by atoms with van der Waals surface area (Å²) in [4.78, 5) is 13.4. The molecule has 0 aromatic carbocycles. The van der Waals surface area contributed by atoms with E-state index in [1.807, 2.05) is 34.6 Å². The molecule has 2 atom stereocenters. The van der Waals surface area contributed by atoms with Gasteiger partial charge in [-0.2, -0.15) is 0 Å². The second-order valence-electron chi connectivity index (χ2n) is 5.77. The van der Waals surface area contributed by atoms with Gasteiger partial charge in [-0.3, -0.25) is 0 Å². The monoisotopic (exact) mass is 244 g/mol. The van der Waals surface area contributed by atoms with Crippen molar-refractivity contribution in [2.75, 3.05) is 13.1 Å². The van der Waals surface area contributed by atoms with Crippen LogP contribution in [0.25, 0.3) is 0 Å². The maximum Gasteiger partial charge on any atom is 0.410 e. The summed E-state index contributed by atoms with van der Waals surface area (Å²) in [7, 11) is 0. The van der Waals surface area contributed by atoms with Crippen molar-refractivity contribution in [2.45, 2.75) is 58.5 Å². The van der Waals surface area contributed by atoms with Gasteiger partial charge in [0.2, 0.25) is 0 Å². The lowest BCUT2D eigenvalue weighted by atomic mass is 10.2. The maximum atomic E-state index is 11.8. The number of nitrogens with two attached hydrogens (primary N) is 1. The predicted octanol–water partition coefficient (Wildman–Crippen LogP) is 1.36. The van der Waals surface area contributed by atoms with Gasteiger partial charge in [-0.05, 0) is 34.6 Å². The van der Waals surface area contributed by atoms with Crippen LogP contribution in [-0.2, 0) is 9.47 Å². The number of likely N-dealkylation sites (tertiary alicyclic amines) is 1. The van der Waals surface area contributed by atoms with E-state index in [-0.39, 0.29) is 24.3 Å². The van der Waals surface area contributed by atoms with Gasteiger partial charge in [0, 0.05) is 6.54 Å². The van der Waals surface area contributed by atoms with E-state index >= 15 is 0 Å². The van der Waals surface area contributed by atoms with Gasteiger partial charge in [0.25, 0.3) is 0 Å².